The number of hydrogen-bond donors (Lipinski definition) is 1. The van der Waals surface area contributed by atoms with Gasteiger partial charge in [-0.3, -0.25) is 24.4 Å². The third kappa shape index (κ3) is 4.37. The van der Waals surface area contributed by atoms with Crippen LogP contribution in [-0.4, -0.2) is 32.9 Å². The van der Waals surface area contributed by atoms with Gasteiger partial charge in [-0.1, -0.05) is 0 Å². The summed E-state index contributed by atoms with van der Waals surface area (Å²) in [6.07, 6.45) is 6.32. The molecule has 1 aliphatic rings. The van der Waals surface area contributed by atoms with E-state index in [0.29, 0.717) is 29.9 Å². The van der Waals surface area contributed by atoms with Gasteiger partial charge in [-0.2, -0.15) is 0 Å². The van der Waals surface area contributed by atoms with E-state index in [1.807, 2.05) is 6.92 Å². The minimum Gasteiger partial charge on any atom is -0.322 e. The number of aryl methyl sites for hydroxylation is 2. The zero-order chi connectivity index (χ0) is 22.0. The van der Waals surface area contributed by atoms with Gasteiger partial charge in [-0.05, 0) is 56.2 Å². The maximum Gasteiger partial charge on any atom is 0.264 e. The molecule has 3 heterocycles. The Morgan fingerprint density at radius 1 is 1.06 bits per heavy atom. The van der Waals surface area contributed by atoms with Gasteiger partial charge in [0.1, 0.15) is 5.56 Å². The van der Waals surface area contributed by atoms with Crippen molar-refractivity contribution in [3.05, 3.63) is 81.8 Å². The van der Waals surface area contributed by atoms with Crippen LogP contribution in [0.4, 0.5) is 11.4 Å². The van der Waals surface area contributed by atoms with E-state index in [4.69, 9.17) is 0 Å². The van der Waals surface area contributed by atoms with E-state index >= 15 is 0 Å². The molecule has 2 amide bonds. The molecule has 0 spiro atoms. The highest BCUT2D eigenvalue weighted by atomic mass is 16.2. The molecule has 0 atom stereocenters. The van der Waals surface area contributed by atoms with Crippen molar-refractivity contribution in [3.8, 4) is 0 Å². The molecule has 1 aliphatic heterocycles. The second kappa shape index (κ2) is 8.51. The summed E-state index contributed by atoms with van der Waals surface area (Å²) in [5, 5.41) is 2.78. The first-order valence-electron chi connectivity index (χ1n) is 10.1. The van der Waals surface area contributed by atoms with Gasteiger partial charge < -0.3 is 14.8 Å². The minimum atomic E-state index is -0.475. The molecule has 158 valence electrons. The van der Waals surface area contributed by atoms with E-state index < -0.39 is 5.91 Å². The molecule has 4 rings (SSSR count). The molecule has 0 bridgehead atoms. The molecule has 0 aliphatic carbocycles. The minimum absolute atomic E-state index is 0.0846. The Morgan fingerprint density at radius 2 is 1.84 bits per heavy atom. The van der Waals surface area contributed by atoms with Gasteiger partial charge in [-0.25, -0.2) is 0 Å². The summed E-state index contributed by atoms with van der Waals surface area (Å²) in [5.74, 6) is -0.368. The summed E-state index contributed by atoms with van der Waals surface area (Å²) in [6, 6.07) is 8.80. The molecule has 1 N–H and O–H groups in total. The third-order valence-electron chi connectivity index (χ3n) is 5.28. The fourth-order valence-corrected chi connectivity index (χ4v) is 3.58. The van der Waals surface area contributed by atoms with Gasteiger partial charge in [0.15, 0.2) is 0 Å². The fraction of sp³-hybridized carbons (Fsp3) is 0.261. The van der Waals surface area contributed by atoms with E-state index in [1.54, 1.807) is 60.7 Å². The lowest BCUT2D eigenvalue weighted by atomic mass is 10.1. The van der Waals surface area contributed by atoms with Crippen LogP contribution >= 0.6 is 0 Å². The van der Waals surface area contributed by atoms with Gasteiger partial charge in [0.2, 0.25) is 5.91 Å². The average Bonchev–Trinajstić information content (AvgIpc) is 3.18. The maximum absolute atomic E-state index is 13.0. The molecule has 0 saturated carbocycles. The number of nitrogens with zero attached hydrogens (tertiary/aromatic N) is 4. The van der Waals surface area contributed by atoms with Crippen LogP contribution < -0.4 is 15.8 Å². The summed E-state index contributed by atoms with van der Waals surface area (Å²) in [5.41, 5.74) is 3.07. The van der Waals surface area contributed by atoms with Crippen LogP contribution in [-0.2, 0) is 11.3 Å². The summed E-state index contributed by atoms with van der Waals surface area (Å²) >= 11 is 0. The van der Waals surface area contributed by atoms with E-state index in [-0.39, 0.29) is 23.6 Å². The molecule has 1 aromatic carbocycles. The van der Waals surface area contributed by atoms with Gasteiger partial charge in [0, 0.05) is 36.7 Å². The Morgan fingerprint density at radius 3 is 2.48 bits per heavy atom. The van der Waals surface area contributed by atoms with Crippen LogP contribution in [0.1, 0.15) is 40.2 Å². The number of nitrogens with one attached hydrogen (secondary N) is 1. The molecule has 2 aromatic heterocycles. The highest BCUT2D eigenvalue weighted by Crippen LogP contribution is 2.23. The largest absolute Gasteiger partial charge is 0.322 e. The Bertz CT molecular complexity index is 1180. The van der Waals surface area contributed by atoms with Gasteiger partial charge >= 0.3 is 0 Å². The Kier molecular flexibility index (Phi) is 5.62. The molecule has 1 fully saturated rings. The molecule has 1 saturated heterocycles. The highest BCUT2D eigenvalue weighted by molar-refractivity contribution is 6.05. The number of carbonyl (C=O) groups excluding carboxylic acids is 2. The van der Waals surface area contributed by atoms with Crippen LogP contribution in [0.5, 0.6) is 0 Å². The molecule has 31 heavy (non-hydrogen) atoms. The van der Waals surface area contributed by atoms with Crippen molar-refractivity contribution in [2.75, 3.05) is 16.8 Å². The third-order valence-corrected chi connectivity index (χ3v) is 5.28. The molecule has 8 heteroatoms. The van der Waals surface area contributed by atoms with Crippen molar-refractivity contribution < 1.29 is 9.59 Å². The topological polar surface area (TPSA) is 97.2 Å². The molecular formula is C23H23N5O3. The predicted molar refractivity (Wildman–Crippen MR) is 117 cm³/mol. The second-order valence-corrected chi connectivity index (χ2v) is 7.61. The van der Waals surface area contributed by atoms with Crippen molar-refractivity contribution >= 4 is 23.2 Å². The SMILES string of the molecule is Cc1cnc(Cn2ccc(C)c(C(=O)Nc3ccc(N4CCCC4=O)cc3)c2=O)cn1. The molecule has 0 unspecified atom stereocenters. The van der Waals surface area contributed by atoms with Crippen molar-refractivity contribution in [2.24, 2.45) is 0 Å². The van der Waals surface area contributed by atoms with Crippen LogP contribution in [0.15, 0.2) is 53.7 Å². The Labute approximate surface area is 179 Å². The standard InChI is InChI=1S/C23H23N5O3/c1-15-9-11-27(14-18-13-24-16(2)12-25-18)23(31)21(15)22(30)26-17-5-7-19(8-6-17)28-10-3-4-20(28)29/h5-9,11-13H,3-4,10,14H2,1-2H3,(H,26,30). The van der Waals surface area contributed by atoms with Crippen molar-refractivity contribution in [1.29, 1.82) is 0 Å². The zero-order valence-corrected chi connectivity index (χ0v) is 17.5. The number of hydrogen-bond acceptors (Lipinski definition) is 5. The van der Waals surface area contributed by atoms with E-state index in [1.165, 1.54) is 4.57 Å². The second-order valence-electron chi connectivity index (χ2n) is 7.61. The van der Waals surface area contributed by atoms with Crippen molar-refractivity contribution in [2.45, 2.75) is 33.2 Å². The van der Waals surface area contributed by atoms with Gasteiger partial charge in [0.25, 0.3) is 11.5 Å². The Hall–Kier alpha value is -3.81. The van der Waals surface area contributed by atoms with Crippen molar-refractivity contribution in [3.63, 3.8) is 0 Å². The molecule has 0 radical (unpaired) electrons. The summed E-state index contributed by atoms with van der Waals surface area (Å²) in [4.78, 5) is 47.9. The van der Waals surface area contributed by atoms with Crippen LogP contribution in [0.3, 0.4) is 0 Å². The number of pyridine rings is 1. The zero-order valence-electron chi connectivity index (χ0n) is 17.5. The molecule has 8 nitrogen and oxygen atoms in total. The van der Waals surface area contributed by atoms with E-state index in [2.05, 4.69) is 15.3 Å². The normalized spacial score (nSPS) is 13.5. The average molecular weight is 417 g/mol. The van der Waals surface area contributed by atoms with Crippen LogP contribution in [0.25, 0.3) is 0 Å². The first-order valence-corrected chi connectivity index (χ1v) is 10.1. The monoisotopic (exact) mass is 417 g/mol. The van der Waals surface area contributed by atoms with E-state index in [9.17, 15) is 14.4 Å². The highest BCUT2D eigenvalue weighted by Gasteiger charge is 2.22. The van der Waals surface area contributed by atoms with Crippen LogP contribution in [0, 0.1) is 13.8 Å². The number of benzene rings is 1. The lowest BCUT2D eigenvalue weighted by molar-refractivity contribution is -0.117. The molecule has 3 aromatic rings. The number of anilines is 2. The Balaban J connectivity index is 1.53. The summed E-state index contributed by atoms with van der Waals surface area (Å²) < 4.78 is 1.45. The number of amides is 2. The lowest BCUT2D eigenvalue weighted by Gasteiger charge is -2.16. The van der Waals surface area contributed by atoms with Gasteiger partial charge in [0.05, 0.1) is 24.1 Å². The van der Waals surface area contributed by atoms with Crippen LogP contribution in [0.2, 0.25) is 0 Å². The summed E-state index contributed by atoms with van der Waals surface area (Å²) in [6.45, 7) is 4.51. The number of rotatable bonds is 5. The maximum atomic E-state index is 13.0. The summed E-state index contributed by atoms with van der Waals surface area (Å²) in [7, 11) is 0. The quantitative estimate of drug-likeness (QED) is 0.688. The fourth-order valence-electron chi connectivity index (χ4n) is 3.58. The van der Waals surface area contributed by atoms with E-state index in [0.717, 1.165) is 17.8 Å². The smallest absolute Gasteiger partial charge is 0.264 e. The number of carbonyl (C=O) groups is 2. The van der Waals surface area contributed by atoms with Crippen molar-refractivity contribution in [1.82, 2.24) is 14.5 Å². The first kappa shape index (κ1) is 20.5. The first-order chi connectivity index (χ1) is 14.9. The number of aromatic nitrogens is 3. The molecular weight excluding hydrogens is 394 g/mol. The predicted octanol–water partition coefficient (Wildman–Crippen LogP) is 2.68. The van der Waals surface area contributed by atoms with Gasteiger partial charge in [-0.15, -0.1) is 0 Å². The lowest BCUT2D eigenvalue weighted by Crippen LogP contribution is -2.30.